The highest BCUT2D eigenvalue weighted by Crippen LogP contribution is 2.40. The van der Waals surface area contributed by atoms with Crippen LogP contribution in [0.15, 0.2) is 84.4 Å². The van der Waals surface area contributed by atoms with Gasteiger partial charge in [-0.25, -0.2) is 9.97 Å². The van der Waals surface area contributed by atoms with Gasteiger partial charge >= 0.3 is 0 Å². The first-order valence-corrected chi connectivity index (χ1v) is 15.3. The maximum absolute atomic E-state index is 5.04. The van der Waals surface area contributed by atoms with Gasteiger partial charge in [0.25, 0.3) is 0 Å². The lowest BCUT2D eigenvalue weighted by molar-refractivity contribution is 0.328. The van der Waals surface area contributed by atoms with Gasteiger partial charge in [-0.1, -0.05) is 90.5 Å². The molecular weight excluding hydrogens is 528 g/mol. The third kappa shape index (κ3) is 7.76. The number of amidine groups is 1. The van der Waals surface area contributed by atoms with E-state index < -0.39 is 0 Å². The van der Waals surface area contributed by atoms with Crippen LogP contribution < -0.4 is 10.6 Å². The highest BCUT2D eigenvalue weighted by atomic mass is 15.1. The van der Waals surface area contributed by atoms with Crippen LogP contribution in [-0.4, -0.2) is 61.0 Å². The summed E-state index contributed by atoms with van der Waals surface area (Å²) in [4.78, 5) is 16.9. The van der Waals surface area contributed by atoms with Crippen LogP contribution in [0.3, 0.4) is 0 Å². The van der Waals surface area contributed by atoms with Crippen LogP contribution in [-0.2, 0) is 12.8 Å². The van der Waals surface area contributed by atoms with Crippen molar-refractivity contribution in [2.24, 2.45) is 4.99 Å². The Balaban J connectivity index is 1.12. The molecule has 0 atom stereocenters. The monoisotopic (exact) mass is 572 g/mol. The van der Waals surface area contributed by atoms with E-state index in [0.29, 0.717) is 0 Å². The molecule has 6 heteroatoms. The van der Waals surface area contributed by atoms with Crippen molar-refractivity contribution in [3.63, 3.8) is 0 Å². The Morgan fingerprint density at radius 2 is 1.63 bits per heavy atom. The van der Waals surface area contributed by atoms with E-state index in [1.807, 2.05) is 13.1 Å². The van der Waals surface area contributed by atoms with E-state index >= 15 is 0 Å². The van der Waals surface area contributed by atoms with Crippen molar-refractivity contribution in [2.75, 3.05) is 45.6 Å². The number of anilines is 1. The molecule has 222 valence electrons. The van der Waals surface area contributed by atoms with Crippen LogP contribution >= 0.6 is 0 Å². The second kappa shape index (κ2) is 14.3. The SMILES string of the molecule is C=C(C(=NC)NCCCN(C)CCCNc1nc(Cc2ccccc2)nc2c1-c1ccc(C)cc1C2)c1ccc(C)cc1. The molecule has 0 saturated heterocycles. The predicted octanol–water partition coefficient (Wildman–Crippen LogP) is 6.71. The minimum Gasteiger partial charge on any atom is -0.370 e. The Kier molecular flexibility index (Phi) is 10.0. The summed E-state index contributed by atoms with van der Waals surface area (Å²) in [5.74, 6) is 2.70. The number of aromatic nitrogens is 2. The molecule has 0 amide bonds. The highest BCUT2D eigenvalue weighted by molar-refractivity contribution is 6.21. The molecule has 0 aliphatic heterocycles. The summed E-state index contributed by atoms with van der Waals surface area (Å²) in [6.45, 7) is 12.2. The maximum atomic E-state index is 5.04. The Hall–Kier alpha value is -4.29. The lowest BCUT2D eigenvalue weighted by Gasteiger charge is -2.18. The minimum absolute atomic E-state index is 0.734. The Morgan fingerprint density at radius 3 is 2.37 bits per heavy atom. The molecule has 5 rings (SSSR count). The van der Waals surface area contributed by atoms with E-state index in [0.717, 1.165) is 86.2 Å². The van der Waals surface area contributed by atoms with Crippen molar-refractivity contribution in [3.8, 4) is 11.1 Å². The second-order valence-corrected chi connectivity index (χ2v) is 11.6. The van der Waals surface area contributed by atoms with Crippen molar-refractivity contribution in [3.05, 3.63) is 119 Å². The molecule has 4 aromatic rings. The number of aryl methyl sites for hydroxylation is 2. The van der Waals surface area contributed by atoms with Gasteiger partial charge in [-0.3, -0.25) is 4.99 Å². The molecule has 1 heterocycles. The first-order chi connectivity index (χ1) is 20.9. The van der Waals surface area contributed by atoms with E-state index in [1.165, 1.54) is 33.4 Å². The number of rotatable bonds is 13. The molecule has 0 fully saturated rings. The van der Waals surface area contributed by atoms with Gasteiger partial charge in [-0.2, -0.15) is 0 Å². The van der Waals surface area contributed by atoms with Crippen LogP contribution in [0.2, 0.25) is 0 Å². The van der Waals surface area contributed by atoms with Crippen molar-refractivity contribution < 1.29 is 0 Å². The third-order valence-electron chi connectivity index (χ3n) is 8.05. The average molecular weight is 573 g/mol. The summed E-state index contributed by atoms with van der Waals surface area (Å²) in [7, 11) is 4.01. The Bertz CT molecular complexity index is 1570. The molecule has 6 nitrogen and oxygen atoms in total. The number of nitrogens with zero attached hydrogens (tertiary/aromatic N) is 4. The molecule has 1 aliphatic carbocycles. The largest absolute Gasteiger partial charge is 0.370 e. The smallest absolute Gasteiger partial charge is 0.137 e. The summed E-state index contributed by atoms with van der Waals surface area (Å²) in [5.41, 5.74) is 10.7. The Morgan fingerprint density at radius 1 is 0.907 bits per heavy atom. The number of nitrogens with one attached hydrogen (secondary N) is 2. The average Bonchev–Trinajstić information content (AvgIpc) is 3.37. The predicted molar refractivity (Wildman–Crippen MR) is 181 cm³/mol. The van der Waals surface area contributed by atoms with Crippen molar-refractivity contribution in [1.82, 2.24) is 20.2 Å². The van der Waals surface area contributed by atoms with E-state index in [9.17, 15) is 0 Å². The molecule has 0 unspecified atom stereocenters. The van der Waals surface area contributed by atoms with Gasteiger partial charge in [0.1, 0.15) is 17.5 Å². The molecule has 3 aromatic carbocycles. The first kappa shape index (κ1) is 30.2. The van der Waals surface area contributed by atoms with Gasteiger partial charge in [0.15, 0.2) is 0 Å². The molecule has 0 bridgehead atoms. The molecule has 1 aliphatic rings. The fraction of sp³-hybridized carbons (Fsp3) is 0.324. The molecule has 0 spiro atoms. The lowest BCUT2D eigenvalue weighted by atomic mass is 10.0. The zero-order valence-electron chi connectivity index (χ0n) is 26.1. The first-order valence-electron chi connectivity index (χ1n) is 15.3. The molecule has 43 heavy (non-hydrogen) atoms. The number of hydrogen-bond acceptors (Lipinski definition) is 5. The van der Waals surface area contributed by atoms with Crippen LogP contribution in [0.4, 0.5) is 5.82 Å². The lowest BCUT2D eigenvalue weighted by Crippen LogP contribution is -2.29. The fourth-order valence-corrected chi connectivity index (χ4v) is 5.68. The van der Waals surface area contributed by atoms with E-state index in [4.69, 9.17) is 9.97 Å². The van der Waals surface area contributed by atoms with Gasteiger partial charge in [0.2, 0.25) is 0 Å². The number of fused-ring (bicyclic) bond motifs is 3. The maximum Gasteiger partial charge on any atom is 0.137 e. The van der Waals surface area contributed by atoms with Gasteiger partial charge in [-0.15, -0.1) is 0 Å². The van der Waals surface area contributed by atoms with Crippen LogP contribution in [0.1, 0.15) is 52.2 Å². The van der Waals surface area contributed by atoms with E-state index in [-0.39, 0.29) is 0 Å². The summed E-state index contributed by atoms with van der Waals surface area (Å²) in [6, 6.07) is 25.6. The van der Waals surface area contributed by atoms with Crippen LogP contribution in [0, 0.1) is 13.8 Å². The quantitative estimate of drug-likeness (QED) is 0.0933. The normalized spacial score (nSPS) is 12.3. The highest BCUT2D eigenvalue weighted by Gasteiger charge is 2.25. The van der Waals surface area contributed by atoms with E-state index in [1.54, 1.807) is 0 Å². The number of aliphatic imine (C=N–C) groups is 1. The van der Waals surface area contributed by atoms with Gasteiger partial charge in [0.05, 0.1) is 5.69 Å². The van der Waals surface area contributed by atoms with Gasteiger partial charge < -0.3 is 15.5 Å². The molecule has 0 saturated carbocycles. The number of hydrogen-bond donors (Lipinski definition) is 2. The summed E-state index contributed by atoms with van der Waals surface area (Å²) < 4.78 is 0. The molecule has 0 radical (unpaired) electrons. The summed E-state index contributed by atoms with van der Waals surface area (Å²) in [6.07, 6.45) is 3.66. The topological polar surface area (TPSA) is 65.4 Å². The molecular formula is C37H44N6. The minimum atomic E-state index is 0.734. The van der Waals surface area contributed by atoms with Crippen LogP contribution in [0.25, 0.3) is 16.7 Å². The Labute approximate surface area is 257 Å². The summed E-state index contributed by atoms with van der Waals surface area (Å²) in [5, 5.41) is 7.17. The zero-order chi connectivity index (χ0) is 30.2. The van der Waals surface area contributed by atoms with Crippen molar-refractivity contribution in [2.45, 2.75) is 39.5 Å². The zero-order valence-corrected chi connectivity index (χ0v) is 26.1. The molecule has 1 aromatic heterocycles. The standard InChI is InChI=1S/C37H44N6/c1-26-13-16-30(17-14-26)28(3)36(38-4)39-19-9-21-43(5)22-10-20-40-37-35-32-18-15-27(2)23-31(32)25-33(35)41-34(42-37)24-29-11-7-6-8-12-29/h6-8,11-18,23H,3,9-10,19-22,24-25H2,1-2,4-5H3,(H,38,39)(H,40,41,42). The van der Waals surface area contributed by atoms with Crippen molar-refractivity contribution >= 4 is 17.2 Å². The van der Waals surface area contributed by atoms with Gasteiger partial charge in [-0.05, 0) is 69.1 Å². The van der Waals surface area contributed by atoms with Crippen molar-refractivity contribution in [1.29, 1.82) is 0 Å². The van der Waals surface area contributed by atoms with E-state index in [2.05, 4.69) is 115 Å². The summed E-state index contributed by atoms with van der Waals surface area (Å²) >= 11 is 0. The van der Waals surface area contributed by atoms with Gasteiger partial charge in [0, 0.05) is 44.1 Å². The number of benzene rings is 3. The second-order valence-electron chi connectivity index (χ2n) is 11.6. The fourth-order valence-electron chi connectivity index (χ4n) is 5.68. The van der Waals surface area contributed by atoms with Crippen LogP contribution in [0.5, 0.6) is 0 Å². The third-order valence-corrected chi connectivity index (χ3v) is 8.05. The molecule has 2 N–H and O–H groups in total.